The van der Waals surface area contributed by atoms with Crippen LogP contribution in [0.4, 0.5) is 5.13 Å². The van der Waals surface area contributed by atoms with Crippen molar-refractivity contribution in [2.24, 2.45) is 0 Å². The molecule has 0 aliphatic carbocycles. The molecule has 3 heterocycles. The van der Waals surface area contributed by atoms with Crippen LogP contribution in [0.25, 0.3) is 10.6 Å². The van der Waals surface area contributed by atoms with Gasteiger partial charge in [-0.15, -0.1) is 21.5 Å². The summed E-state index contributed by atoms with van der Waals surface area (Å²) in [5.74, 6) is -0.242. The number of carbonyl (C=O) groups excluding carboxylic acids is 1. The minimum Gasteiger partial charge on any atom is -0.371 e. The highest BCUT2D eigenvalue weighted by molar-refractivity contribution is 7.17. The molecule has 0 bridgehead atoms. The molecule has 4 rings (SSSR count). The molecule has 3 aromatic rings. The van der Waals surface area contributed by atoms with Gasteiger partial charge in [0.1, 0.15) is 21.0 Å². The van der Waals surface area contributed by atoms with E-state index in [-0.39, 0.29) is 12.0 Å². The first-order valence-electron chi connectivity index (χ1n) is 8.10. The largest absolute Gasteiger partial charge is 0.371 e. The zero-order chi connectivity index (χ0) is 18.1. The molecule has 9 heteroatoms. The Hall–Kier alpha value is -1.87. The monoisotopic (exact) mass is 406 g/mol. The van der Waals surface area contributed by atoms with Gasteiger partial charge in [-0.3, -0.25) is 10.1 Å². The maximum Gasteiger partial charge on any atom is 0.269 e. The number of rotatable bonds is 4. The number of aryl methyl sites for hydroxylation is 1. The van der Waals surface area contributed by atoms with Crippen LogP contribution < -0.4 is 5.32 Å². The first-order chi connectivity index (χ1) is 12.6. The standard InChI is InChI=1S/C17H15ClN4O2S2/c1-9-13(25-15(19-9)10-5-2-3-6-11(10)18)14(23)20-17-22-21-16(26-17)12-7-4-8-24-12/h2-3,5-6,12H,4,7-8H2,1H3,(H,20,22,23)/t12-/m0/s1. The second-order valence-electron chi connectivity index (χ2n) is 5.81. The summed E-state index contributed by atoms with van der Waals surface area (Å²) in [6.07, 6.45) is 1.96. The fraction of sp³-hybridized carbons (Fsp3) is 0.294. The molecule has 1 fully saturated rings. The third kappa shape index (κ3) is 3.50. The zero-order valence-electron chi connectivity index (χ0n) is 13.9. The van der Waals surface area contributed by atoms with Gasteiger partial charge >= 0.3 is 0 Å². The van der Waals surface area contributed by atoms with Crippen molar-refractivity contribution in [3.8, 4) is 10.6 Å². The van der Waals surface area contributed by atoms with Gasteiger partial charge in [-0.2, -0.15) is 0 Å². The average Bonchev–Trinajstić information content (AvgIpc) is 3.35. The molecular weight excluding hydrogens is 392 g/mol. The Bertz CT molecular complexity index is 950. The summed E-state index contributed by atoms with van der Waals surface area (Å²) in [6.45, 7) is 2.56. The second-order valence-corrected chi connectivity index (χ2v) is 8.23. The number of ether oxygens (including phenoxy) is 1. The molecule has 0 saturated carbocycles. The Morgan fingerprint density at radius 1 is 1.31 bits per heavy atom. The van der Waals surface area contributed by atoms with Crippen molar-refractivity contribution < 1.29 is 9.53 Å². The summed E-state index contributed by atoms with van der Waals surface area (Å²) in [4.78, 5) is 17.7. The van der Waals surface area contributed by atoms with E-state index >= 15 is 0 Å². The molecule has 0 spiro atoms. The van der Waals surface area contributed by atoms with E-state index in [9.17, 15) is 4.79 Å². The summed E-state index contributed by atoms with van der Waals surface area (Å²) >= 11 is 8.89. The van der Waals surface area contributed by atoms with Crippen LogP contribution in [0.15, 0.2) is 24.3 Å². The number of anilines is 1. The van der Waals surface area contributed by atoms with Gasteiger partial charge in [0.2, 0.25) is 5.13 Å². The van der Waals surface area contributed by atoms with Crippen molar-refractivity contribution in [2.75, 3.05) is 11.9 Å². The van der Waals surface area contributed by atoms with Gasteiger partial charge < -0.3 is 4.74 Å². The van der Waals surface area contributed by atoms with Crippen LogP contribution in [0.2, 0.25) is 5.02 Å². The van der Waals surface area contributed by atoms with E-state index in [1.54, 1.807) is 6.07 Å². The molecule has 0 radical (unpaired) electrons. The molecule has 6 nitrogen and oxygen atoms in total. The second kappa shape index (κ2) is 7.40. The number of thiazole rings is 1. The molecule has 1 saturated heterocycles. The Labute approximate surface area is 163 Å². The predicted molar refractivity (Wildman–Crippen MR) is 103 cm³/mol. The molecule has 1 atom stereocenters. The molecule has 134 valence electrons. The van der Waals surface area contributed by atoms with Gasteiger partial charge in [-0.1, -0.05) is 41.1 Å². The van der Waals surface area contributed by atoms with Gasteiger partial charge in [-0.05, 0) is 25.8 Å². The fourth-order valence-corrected chi connectivity index (χ4v) is 4.80. The van der Waals surface area contributed by atoms with Crippen molar-refractivity contribution in [1.29, 1.82) is 0 Å². The number of halogens is 1. The molecule has 1 N–H and O–H groups in total. The van der Waals surface area contributed by atoms with E-state index in [4.69, 9.17) is 16.3 Å². The average molecular weight is 407 g/mol. The number of benzene rings is 1. The van der Waals surface area contributed by atoms with Gasteiger partial charge in [0, 0.05) is 12.2 Å². The maximum atomic E-state index is 12.6. The van der Waals surface area contributed by atoms with Crippen molar-refractivity contribution in [1.82, 2.24) is 15.2 Å². The summed E-state index contributed by atoms with van der Waals surface area (Å²) < 4.78 is 5.60. The molecule has 1 aliphatic rings. The van der Waals surface area contributed by atoms with E-state index in [0.717, 1.165) is 35.0 Å². The van der Waals surface area contributed by atoms with E-state index < -0.39 is 0 Å². The highest BCUT2D eigenvalue weighted by Gasteiger charge is 2.23. The van der Waals surface area contributed by atoms with Crippen LogP contribution in [0.3, 0.4) is 0 Å². The first kappa shape index (κ1) is 17.5. The maximum absolute atomic E-state index is 12.6. The van der Waals surface area contributed by atoms with Crippen LogP contribution in [-0.4, -0.2) is 27.7 Å². The van der Waals surface area contributed by atoms with Crippen LogP contribution in [-0.2, 0) is 4.74 Å². The van der Waals surface area contributed by atoms with Gasteiger partial charge in [-0.25, -0.2) is 4.98 Å². The minimum atomic E-state index is -0.242. The van der Waals surface area contributed by atoms with Crippen LogP contribution in [0.5, 0.6) is 0 Å². The number of aromatic nitrogens is 3. The van der Waals surface area contributed by atoms with Gasteiger partial charge in [0.15, 0.2) is 0 Å². The van der Waals surface area contributed by atoms with Crippen LogP contribution >= 0.6 is 34.3 Å². The quantitative estimate of drug-likeness (QED) is 0.677. The van der Waals surface area contributed by atoms with Gasteiger partial charge in [0.05, 0.1) is 10.7 Å². The van der Waals surface area contributed by atoms with E-state index in [2.05, 4.69) is 20.5 Å². The molecule has 0 unspecified atom stereocenters. The topological polar surface area (TPSA) is 77.0 Å². The normalized spacial score (nSPS) is 16.8. The van der Waals surface area contributed by atoms with Crippen molar-refractivity contribution >= 4 is 45.3 Å². The lowest BCUT2D eigenvalue weighted by atomic mass is 10.2. The fourth-order valence-electron chi connectivity index (χ4n) is 2.70. The summed E-state index contributed by atoms with van der Waals surface area (Å²) in [7, 11) is 0. The number of nitrogens with zero attached hydrogens (tertiary/aromatic N) is 3. The zero-order valence-corrected chi connectivity index (χ0v) is 16.2. The van der Waals surface area contributed by atoms with Crippen LogP contribution in [0, 0.1) is 6.92 Å². The van der Waals surface area contributed by atoms with Crippen molar-refractivity contribution in [3.63, 3.8) is 0 Å². The Morgan fingerprint density at radius 2 is 2.15 bits per heavy atom. The molecule has 2 aromatic heterocycles. The lowest BCUT2D eigenvalue weighted by Crippen LogP contribution is -2.11. The van der Waals surface area contributed by atoms with E-state index in [1.807, 2.05) is 25.1 Å². The number of amides is 1. The Kier molecular flexibility index (Phi) is 4.99. The SMILES string of the molecule is Cc1nc(-c2ccccc2Cl)sc1C(=O)Nc1nnc([C@@H]2CCCO2)s1. The minimum absolute atomic E-state index is 0.00452. The lowest BCUT2D eigenvalue weighted by Gasteiger charge is -2.02. The highest BCUT2D eigenvalue weighted by Crippen LogP contribution is 2.34. The smallest absolute Gasteiger partial charge is 0.269 e. The highest BCUT2D eigenvalue weighted by atomic mass is 35.5. The number of hydrogen-bond donors (Lipinski definition) is 1. The Morgan fingerprint density at radius 3 is 2.92 bits per heavy atom. The number of carbonyl (C=O) groups is 1. The summed E-state index contributed by atoms with van der Waals surface area (Å²) in [5.41, 5.74) is 1.48. The first-order valence-corrected chi connectivity index (χ1v) is 10.1. The third-order valence-electron chi connectivity index (χ3n) is 3.97. The lowest BCUT2D eigenvalue weighted by molar-refractivity contribution is 0.102. The molecule has 1 amide bonds. The van der Waals surface area contributed by atoms with Crippen molar-refractivity contribution in [2.45, 2.75) is 25.9 Å². The summed E-state index contributed by atoms with van der Waals surface area (Å²) in [5, 5.41) is 13.6. The molecule has 26 heavy (non-hydrogen) atoms. The van der Waals surface area contributed by atoms with Gasteiger partial charge in [0.25, 0.3) is 5.91 Å². The molecule has 1 aliphatic heterocycles. The van der Waals surface area contributed by atoms with Crippen LogP contribution in [0.1, 0.15) is 39.3 Å². The molecular formula is C17H15ClN4O2S2. The van der Waals surface area contributed by atoms with E-state index in [1.165, 1.54) is 22.7 Å². The third-order valence-corrected chi connectivity index (χ3v) is 6.42. The number of hydrogen-bond acceptors (Lipinski definition) is 7. The predicted octanol–water partition coefficient (Wildman–Crippen LogP) is 4.73. The Balaban J connectivity index is 1.53. The molecule has 1 aromatic carbocycles. The van der Waals surface area contributed by atoms with E-state index in [0.29, 0.717) is 20.7 Å². The number of nitrogens with one attached hydrogen (secondary N) is 1. The summed E-state index contributed by atoms with van der Waals surface area (Å²) in [6, 6.07) is 7.45. The van der Waals surface area contributed by atoms with Crippen molar-refractivity contribution in [3.05, 3.63) is 44.9 Å².